The Balaban J connectivity index is 0.00000121. The maximum absolute atomic E-state index is 12.5. The number of fused-ring (bicyclic) bond motifs is 1. The molecular formula is C17H20Cl2N6O. The van der Waals surface area contributed by atoms with Gasteiger partial charge in [-0.05, 0) is 37.6 Å². The van der Waals surface area contributed by atoms with Crippen molar-refractivity contribution in [1.82, 2.24) is 25.1 Å². The fourth-order valence-electron chi connectivity index (χ4n) is 3.01. The van der Waals surface area contributed by atoms with Crippen molar-refractivity contribution in [3.05, 3.63) is 48.7 Å². The maximum Gasteiger partial charge on any atom is 0.276 e. The summed E-state index contributed by atoms with van der Waals surface area (Å²) >= 11 is 0. The van der Waals surface area contributed by atoms with Gasteiger partial charge < -0.3 is 10.6 Å². The molecular weight excluding hydrogens is 375 g/mol. The molecule has 0 radical (unpaired) electrons. The van der Waals surface area contributed by atoms with Crippen molar-refractivity contribution in [2.75, 3.05) is 18.4 Å². The van der Waals surface area contributed by atoms with Gasteiger partial charge in [-0.3, -0.25) is 19.4 Å². The van der Waals surface area contributed by atoms with Gasteiger partial charge in [0.15, 0.2) is 5.69 Å². The molecule has 3 aromatic heterocycles. The summed E-state index contributed by atoms with van der Waals surface area (Å²) < 4.78 is 1.88. The van der Waals surface area contributed by atoms with E-state index in [1.165, 1.54) is 0 Å². The number of aromatic nitrogens is 4. The minimum absolute atomic E-state index is 0. The van der Waals surface area contributed by atoms with E-state index in [4.69, 9.17) is 0 Å². The Labute approximate surface area is 163 Å². The fourth-order valence-corrected chi connectivity index (χ4v) is 3.01. The number of piperidine rings is 1. The third-order valence-corrected chi connectivity index (χ3v) is 4.28. The van der Waals surface area contributed by atoms with Crippen molar-refractivity contribution in [1.29, 1.82) is 0 Å². The first-order valence-electron chi connectivity index (χ1n) is 8.07. The largest absolute Gasteiger partial charge is 0.320 e. The van der Waals surface area contributed by atoms with E-state index in [1.807, 2.05) is 16.9 Å². The zero-order valence-electron chi connectivity index (χ0n) is 14.0. The smallest absolute Gasteiger partial charge is 0.276 e. The number of hydrogen-bond donors (Lipinski definition) is 2. The minimum atomic E-state index is -0.228. The molecule has 1 amide bonds. The van der Waals surface area contributed by atoms with Gasteiger partial charge in [0.2, 0.25) is 0 Å². The van der Waals surface area contributed by atoms with Crippen molar-refractivity contribution in [3.63, 3.8) is 0 Å². The van der Waals surface area contributed by atoms with Gasteiger partial charge in [0, 0.05) is 36.7 Å². The van der Waals surface area contributed by atoms with Gasteiger partial charge in [0.1, 0.15) is 0 Å². The van der Waals surface area contributed by atoms with Crippen LogP contribution in [0.2, 0.25) is 0 Å². The molecule has 0 aromatic carbocycles. The number of rotatable bonds is 3. The Morgan fingerprint density at radius 2 is 2.12 bits per heavy atom. The normalized spacial score (nSPS) is 16.4. The molecule has 26 heavy (non-hydrogen) atoms. The number of pyridine rings is 2. The van der Waals surface area contributed by atoms with E-state index in [-0.39, 0.29) is 30.7 Å². The van der Waals surface area contributed by atoms with Gasteiger partial charge in [-0.1, -0.05) is 0 Å². The molecule has 0 aliphatic carbocycles. The van der Waals surface area contributed by atoms with Gasteiger partial charge in [-0.15, -0.1) is 24.8 Å². The van der Waals surface area contributed by atoms with Crippen LogP contribution in [0.4, 0.5) is 5.69 Å². The Morgan fingerprint density at radius 3 is 2.92 bits per heavy atom. The molecule has 1 saturated heterocycles. The van der Waals surface area contributed by atoms with E-state index in [0.29, 0.717) is 17.4 Å². The first-order valence-corrected chi connectivity index (χ1v) is 8.07. The van der Waals surface area contributed by atoms with Crippen molar-refractivity contribution in [2.45, 2.75) is 18.9 Å². The van der Waals surface area contributed by atoms with E-state index in [0.717, 1.165) is 36.8 Å². The average Bonchev–Trinajstić information content (AvgIpc) is 3.13. The number of amides is 1. The van der Waals surface area contributed by atoms with Gasteiger partial charge in [-0.25, -0.2) is 0 Å². The lowest BCUT2D eigenvalue weighted by molar-refractivity contribution is 0.102. The lowest BCUT2D eigenvalue weighted by Crippen LogP contribution is -2.32. The maximum atomic E-state index is 12.5. The summed E-state index contributed by atoms with van der Waals surface area (Å²) in [4.78, 5) is 20.9. The standard InChI is InChI=1S/C17H18N6O.2ClH/c24-17(16-5-9-23(22-16)12-2-1-6-18-10-12)21-15-4-8-20-14-3-7-19-11-13(14)15;;/h3-5,7-9,11-12,18H,1-2,6,10H2,(H,20,21,24);2*1H. The Morgan fingerprint density at radius 1 is 1.23 bits per heavy atom. The van der Waals surface area contributed by atoms with Gasteiger partial charge in [0.25, 0.3) is 5.91 Å². The highest BCUT2D eigenvalue weighted by Gasteiger charge is 2.18. The van der Waals surface area contributed by atoms with Crippen LogP contribution in [0, 0.1) is 0 Å². The number of nitrogens with one attached hydrogen (secondary N) is 2. The van der Waals surface area contributed by atoms with Crippen molar-refractivity contribution in [2.24, 2.45) is 0 Å². The van der Waals surface area contributed by atoms with Crippen LogP contribution in [0.1, 0.15) is 29.4 Å². The van der Waals surface area contributed by atoms with E-state index >= 15 is 0 Å². The van der Waals surface area contributed by atoms with E-state index < -0.39 is 0 Å². The molecule has 138 valence electrons. The van der Waals surface area contributed by atoms with E-state index in [9.17, 15) is 4.79 Å². The van der Waals surface area contributed by atoms with Gasteiger partial charge >= 0.3 is 0 Å². The molecule has 1 fully saturated rings. The monoisotopic (exact) mass is 394 g/mol. The van der Waals surface area contributed by atoms with E-state index in [2.05, 4.69) is 25.7 Å². The van der Waals surface area contributed by atoms with Crippen LogP contribution in [0.15, 0.2) is 43.0 Å². The highest BCUT2D eigenvalue weighted by Crippen LogP contribution is 2.21. The Hall–Kier alpha value is -2.22. The predicted octanol–water partition coefficient (Wildman–Crippen LogP) is 2.85. The molecule has 7 nitrogen and oxygen atoms in total. The van der Waals surface area contributed by atoms with Crippen LogP contribution in [0.25, 0.3) is 10.9 Å². The SMILES string of the molecule is Cl.Cl.O=C(Nc1ccnc2ccncc12)c1ccn(C2CCCNC2)n1. The van der Waals surface area contributed by atoms with Crippen LogP contribution >= 0.6 is 24.8 Å². The molecule has 1 aliphatic rings. The summed E-state index contributed by atoms with van der Waals surface area (Å²) in [6.07, 6.45) is 9.13. The molecule has 1 atom stereocenters. The predicted molar refractivity (Wildman–Crippen MR) is 105 cm³/mol. The second kappa shape index (κ2) is 8.93. The zero-order chi connectivity index (χ0) is 16.4. The fraction of sp³-hybridized carbons (Fsp3) is 0.294. The highest BCUT2D eigenvalue weighted by atomic mass is 35.5. The summed E-state index contributed by atoms with van der Waals surface area (Å²) in [7, 11) is 0. The molecule has 9 heteroatoms. The summed E-state index contributed by atoms with van der Waals surface area (Å²) in [6.45, 7) is 1.94. The number of carbonyl (C=O) groups is 1. The number of hydrogen-bond acceptors (Lipinski definition) is 5. The molecule has 4 heterocycles. The summed E-state index contributed by atoms with van der Waals surface area (Å²) in [5.74, 6) is -0.228. The van der Waals surface area contributed by atoms with E-state index in [1.54, 1.807) is 30.7 Å². The summed E-state index contributed by atoms with van der Waals surface area (Å²) in [5.41, 5.74) is 1.89. The zero-order valence-corrected chi connectivity index (χ0v) is 15.6. The van der Waals surface area contributed by atoms with Crippen LogP contribution < -0.4 is 10.6 Å². The third-order valence-electron chi connectivity index (χ3n) is 4.28. The average molecular weight is 395 g/mol. The molecule has 0 spiro atoms. The number of carbonyl (C=O) groups excluding carboxylic acids is 1. The van der Waals surface area contributed by atoms with Crippen molar-refractivity contribution in [3.8, 4) is 0 Å². The molecule has 0 bridgehead atoms. The number of nitrogens with zero attached hydrogens (tertiary/aromatic N) is 4. The second-order valence-corrected chi connectivity index (χ2v) is 5.89. The quantitative estimate of drug-likeness (QED) is 0.713. The first kappa shape index (κ1) is 20.1. The lowest BCUT2D eigenvalue weighted by Gasteiger charge is -2.22. The number of halogens is 2. The molecule has 1 unspecified atom stereocenters. The van der Waals surface area contributed by atoms with Crippen LogP contribution in [-0.2, 0) is 0 Å². The molecule has 1 aliphatic heterocycles. The molecule has 4 rings (SSSR count). The van der Waals surface area contributed by atoms with Crippen LogP contribution in [0.5, 0.6) is 0 Å². The van der Waals surface area contributed by atoms with Crippen LogP contribution in [-0.4, -0.2) is 38.7 Å². The molecule has 0 saturated carbocycles. The Kier molecular flexibility index (Phi) is 6.90. The van der Waals surface area contributed by atoms with Crippen LogP contribution in [0.3, 0.4) is 0 Å². The minimum Gasteiger partial charge on any atom is -0.320 e. The Bertz CT molecular complexity index is 873. The molecule has 2 N–H and O–H groups in total. The molecule has 3 aromatic rings. The van der Waals surface area contributed by atoms with Gasteiger partial charge in [-0.2, -0.15) is 5.10 Å². The van der Waals surface area contributed by atoms with Crippen molar-refractivity contribution < 1.29 is 4.79 Å². The second-order valence-electron chi connectivity index (χ2n) is 5.89. The van der Waals surface area contributed by atoms with Gasteiger partial charge in [0.05, 0.1) is 17.2 Å². The first-order chi connectivity index (χ1) is 11.8. The van der Waals surface area contributed by atoms with Crippen molar-refractivity contribution >= 4 is 47.3 Å². The highest BCUT2D eigenvalue weighted by molar-refractivity contribution is 6.07. The lowest BCUT2D eigenvalue weighted by atomic mass is 10.1. The third kappa shape index (κ3) is 4.12. The number of anilines is 1. The topological polar surface area (TPSA) is 84.7 Å². The summed E-state index contributed by atoms with van der Waals surface area (Å²) in [5, 5.41) is 11.5. The summed E-state index contributed by atoms with van der Waals surface area (Å²) in [6, 6.07) is 5.65.